The van der Waals surface area contributed by atoms with E-state index in [9.17, 15) is 0 Å². The summed E-state index contributed by atoms with van der Waals surface area (Å²) in [7, 11) is 9.78. The molecule has 0 aromatic carbocycles. The maximum atomic E-state index is 4.89. The fourth-order valence-corrected chi connectivity index (χ4v) is 0. The molecule has 0 nitrogen and oxygen atoms in total. The van der Waals surface area contributed by atoms with Crippen LogP contribution in [-0.4, -0.2) is 0 Å². The van der Waals surface area contributed by atoms with Crippen LogP contribution < -0.4 is 0 Å². The first kappa shape index (κ1) is 9.00. The third-order valence-corrected chi connectivity index (χ3v) is 0. The molecule has 0 saturated heterocycles. The summed E-state index contributed by atoms with van der Waals surface area (Å²) in [4.78, 5) is 0. The number of rotatable bonds is 0. The molecule has 0 aliphatic carbocycles. The van der Waals surface area contributed by atoms with Crippen molar-refractivity contribution in [3.63, 3.8) is 0 Å². The summed E-state index contributed by atoms with van der Waals surface area (Å²) in [5, 5.41) is 0. The molecule has 0 spiro atoms. The van der Waals surface area contributed by atoms with E-state index >= 15 is 0 Å². The standard InChI is InChI=1S/CH3.2ClH.Ti/h1H3;2*1H;/q-1;;;+2/p-2. The minimum atomic E-state index is -0.556. The van der Waals surface area contributed by atoms with Crippen LogP contribution in [0.15, 0.2) is 0 Å². The van der Waals surface area contributed by atoms with Crippen LogP contribution in [-0.2, 0) is 17.0 Å². The van der Waals surface area contributed by atoms with E-state index in [4.69, 9.17) is 18.6 Å². The zero-order valence-corrected chi connectivity index (χ0v) is 5.33. The second-order valence-electron chi connectivity index (χ2n) is 0.0714. The van der Waals surface area contributed by atoms with E-state index in [0.717, 1.165) is 0 Å². The summed E-state index contributed by atoms with van der Waals surface area (Å²) in [6, 6.07) is 0. The van der Waals surface area contributed by atoms with Crippen molar-refractivity contribution < 1.29 is 17.0 Å². The number of halogens is 2. The summed E-state index contributed by atoms with van der Waals surface area (Å²) < 4.78 is 0. The maximum absolute atomic E-state index is 4.89. The van der Waals surface area contributed by atoms with Gasteiger partial charge in [0.05, 0.1) is 0 Å². The Morgan fingerprint density at radius 2 is 1.25 bits per heavy atom. The molecule has 0 unspecified atom stereocenters. The van der Waals surface area contributed by atoms with Crippen LogP contribution in [0, 0.1) is 7.43 Å². The molecule has 0 bridgehead atoms. The van der Waals surface area contributed by atoms with Gasteiger partial charge >= 0.3 is 35.6 Å². The van der Waals surface area contributed by atoms with Crippen LogP contribution in [0.25, 0.3) is 0 Å². The van der Waals surface area contributed by atoms with Crippen LogP contribution in [0.5, 0.6) is 0 Å². The first-order valence-electron chi connectivity index (χ1n) is 0.378. The van der Waals surface area contributed by atoms with Gasteiger partial charge < -0.3 is 7.43 Å². The molecule has 0 rings (SSSR count). The van der Waals surface area contributed by atoms with E-state index in [0.29, 0.717) is 0 Å². The summed E-state index contributed by atoms with van der Waals surface area (Å²) in [5.74, 6) is 0. The van der Waals surface area contributed by atoms with Gasteiger partial charge in [-0.15, -0.1) is 0 Å². The minimum absolute atomic E-state index is 0. The Balaban J connectivity index is 0. The molecule has 0 atom stereocenters. The van der Waals surface area contributed by atoms with E-state index in [1.807, 2.05) is 0 Å². The third kappa shape index (κ3) is 10.4. The number of hydrogen-bond donors (Lipinski definition) is 0. The molecule has 0 aromatic rings. The van der Waals surface area contributed by atoms with Crippen LogP contribution >= 0.6 is 18.6 Å². The molecule has 0 aromatic heterocycles. The molecule has 0 radical (unpaired) electrons. The summed E-state index contributed by atoms with van der Waals surface area (Å²) in [6.07, 6.45) is 0. The molecule has 4 heavy (non-hydrogen) atoms. The Labute approximate surface area is 43.2 Å². The summed E-state index contributed by atoms with van der Waals surface area (Å²) in [6.45, 7) is 0. The van der Waals surface area contributed by atoms with Crippen molar-refractivity contribution in [2.24, 2.45) is 0 Å². The summed E-state index contributed by atoms with van der Waals surface area (Å²) >= 11 is -0.556. The first-order valence-corrected chi connectivity index (χ1v) is 4.68. The van der Waals surface area contributed by atoms with Crippen molar-refractivity contribution >= 4 is 18.6 Å². The van der Waals surface area contributed by atoms with E-state index in [1.165, 1.54) is 0 Å². The van der Waals surface area contributed by atoms with E-state index in [-0.39, 0.29) is 7.43 Å². The first-order chi connectivity index (χ1) is 1.41. The molecule has 0 amide bonds. The Kier molecular flexibility index (Phi) is 19.9. The molecule has 0 heterocycles. The van der Waals surface area contributed by atoms with Crippen LogP contribution in [0.1, 0.15) is 0 Å². The fraction of sp³-hybridized carbons (Fsp3) is 0. The molecule has 26 valence electrons. The average Bonchev–Trinajstić information content (AvgIpc) is 0.918. The molecule has 0 aliphatic heterocycles. The van der Waals surface area contributed by atoms with Crippen molar-refractivity contribution in [1.29, 1.82) is 0 Å². The van der Waals surface area contributed by atoms with Crippen molar-refractivity contribution in [2.75, 3.05) is 0 Å². The van der Waals surface area contributed by atoms with Gasteiger partial charge in [-0.25, -0.2) is 0 Å². The van der Waals surface area contributed by atoms with Crippen LogP contribution in [0.2, 0.25) is 0 Å². The third-order valence-electron chi connectivity index (χ3n) is 0. The Morgan fingerprint density at radius 3 is 1.25 bits per heavy atom. The normalized spacial score (nSPS) is 3.50. The van der Waals surface area contributed by atoms with Crippen LogP contribution in [0.3, 0.4) is 0 Å². The zero-order chi connectivity index (χ0) is 2.71. The van der Waals surface area contributed by atoms with Crippen molar-refractivity contribution in [1.82, 2.24) is 0 Å². The van der Waals surface area contributed by atoms with Gasteiger partial charge in [-0.05, 0) is 0 Å². The van der Waals surface area contributed by atoms with E-state index in [2.05, 4.69) is 0 Å². The van der Waals surface area contributed by atoms with Gasteiger partial charge in [-0.3, -0.25) is 0 Å². The SMILES string of the molecule is [CH3-].[Cl][Ti][Cl]. The van der Waals surface area contributed by atoms with E-state index < -0.39 is 17.0 Å². The fourth-order valence-electron chi connectivity index (χ4n) is 0. The van der Waals surface area contributed by atoms with Gasteiger partial charge in [-0.2, -0.15) is 0 Å². The van der Waals surface area contributed by atoms with Gasteiger partial charge in [-0.1, -0.05) is 0 Å². The van der Waals surface area contributed by atoms with Crippen LogP contribution in [0.4, 0.5) is 0 Å². The second kappa shape index (κ2) is 8.85. The van der Waals surface area contributed by atoms with E-state index in [1.54, 1.807) is 0 Å². The topological polar surface area (TPSA) is 0 Å². The average molecular weight is 134 g/mol. The second-order valence-corrected chi connectivity index (χ2v) is 2.65. The predicted molar refractivity (Wildman–Crippen MR) is 18.1 cm³/mol. The van der Waals surface area contributed by atoms with Gasteiger partial charge in [0.1, 0.15) is 0 Å². The van der Waals surface area contributed by atoms with Crippen molar-refractivity contribution in [3.8, 4) is 0 Å². The predicted octanol–water partition coefficient (Wildman–Crippen LogP) is 1.83. The van der Waals surface area contributed by atoms with Gasteiger partial charge in [0.15, 0.2) is 0 Å². The molecular formula is CH3Cl2Ti-. The van der Waals surface area contributed by atoms with Gasteiger partial charge in [0.25, 0.3) is 0 Å². The molecular weight excluding hydrogens is 131 g/mol. The van der Waals surface area contributed by atoms with Crippen molar-refractivity contribution in [3.05, 3.63) is 7.43 Å². The zero-order valence-electron chi connectivity index (χ0n) is 2.26. The Morgan fingerprint density at radius 1 is 1.25 bits per heavy atom. The molecule has 0 fully saturated rings. The van der Waals surface area contributed by atoms with Crippen molar-refractivity contribution in [2.45, 2.75) is 0 Å². The molecule has 0 saturated carbocycles. The molecule has 0 aliphatic rings. The monoisotopic (exact) mass is 133 g/mol. The Hall–Kier alpha value is 1.29. The quantitative estimate of drug-likeness (QED) is 0.350. The summed E-state index contributed by atoms with van der Waals surface area (Å²) in [5.41, 5.74) is 0. The number of hydrogen-bond acceptors (Lipinski definition) is 0. The molecule has 3 heteroatoms. The van der Waals surface area contributed by atoms with Gasteiger partial charge in [0.2, 0.25) is 0 Å². The van der Waals surface area contributed by atoms with Gasteiger partial charge in [0, 0.05) is 0 Å². The molecule has 0 N–H and O–H groups in total. The Bertz CT molecular complexity index is 6.00.